The molecular formula is C14H20N2O3. The molecule has 5 heteroatoms. The Kier molecular flexibility index (Phi) is 4.92. The van der Waals surface area contributed by atoms with Crippen LogP contribution in [-0.2, 0) is 9.53 Å². The molecule has 19 heavy (non-hydrogen) atoms. The van der Waals surface area contributed by atoms with E-state index < -0.39 is 12.0 Å². The van der Waals surface area contributed by atoms with E-state index in [0.29, 0.717) is 11.3 Å². The molecule has 0 fully saturated rings. The average molecular weight is 264 g/mol. The van der Waals surface area contributed by atoms with Gasteiger partial charge in [0.25, 0.3) is 5.91 Å². The number of rotatable bonds is 4. The summed E-state index contributed by atoms with van der Waals surface area (Å²) in [6, 6.07) is 4.34. The van der Waals surface area contributed by atoms with Gasteiger partial charge in [-0.3, -0.25) is 4.79 Å². The van der Waals surface area contributed by atoms with Gasteiger partial charge in [-0.2, -0.15) is 0 Å². The summed E-state index contributed by atoms with van der Waals surface area (Å²) in [5.74, 6) is -0.811. The Bertz CT molecular complexity index is 484. The number of hydrogen-bond donors (Lipinski definition) is 2. The normalized spacial score (nSPS) is 12.1. The maximum Gasteiger partial charge on any atom is 0.328 e. The molecule has 3 N–H and O–H groups in total. The Morgan fingerprint density at radius 1 is 1.32 bits per heavy atom. The lowest BCUT2D eigenvalue weighted by Crippen LogP contribution is -2.45. The lowest BCUT2D eigenvalue weighted by atomic mass is 10.0. The van der Waals surface area contributed by atoms with Crippen LogP contribution in [0, 0.1) is 12.8 Å². The van der Waals surface area contributed by atoms with E-state index in [0.717, 1.165) is 5.56 Å². The van der Waals surface area contributed by atoms with Gasteiger partial charge in [-0.05, 0) is 36.6 Å². The van der Waals surface area contributed by atoms with E-state index >= 15 is 0 Å². The van der Waals surface area contributed by atoms with Gasteiger partial charge in [0.2, 0.25) is 0 Å². The zero-order chi connectivity index (χ0) is 14.6. The van der Waals surface area contributed by atoms with Crippen molar-refractivity contribution in [2.24, 2.45) is 5.92 Å². The Labute approximate surface area is 113 Å². The van der Waals surface area contributed by atoms with Crippen molar-refractivity contribution in [2.75, 3.05) is 12.8 Å². The summed E-state index contributed by atoms with van der Waals surface area (Å²) in [5.41, 5.74) is 7.63. The van der Waals surface area contributed by atoms with Crippen LogP contribution < -0.4 is 11.1 Å². The number of methoxy groups -OCH3 is 1. The number of carbonyl (C=O) groups is 2. The quantitative estimate of drug-likeness (QED) is 0.638. The number of nitrogen functional groups attached to an aromatic ring is 1. The first-order chi connectivity index (χ1) is 8.86. The molecule has 0 heterocycles. The average Bonchev–Trinajstić information content (AvgIpc) is 2.37. The van der Waals surface area contributed by atoms with Crippen LogP contribution in [0.1, 0.15) is 29.8 Å². The molecule has 1 rings (SSSR count). The van der Waals surface area contributed by atoms with E-state index in [-0.39, 0.29) is 11.8 Å². The van der Waals surface area contributed by atoms with Crippen LogP contribution in [0.4, 0.5) is 5.69 Å². The first kappa shape index (κ1) is 15.0. The predicted octanol–water partition coefficient (Wildman–Crippen LogP) is 1.50. The standard InChI is InChI=1S/C14H20N2O3/c1-8(2)12(14(18)19-4)16-13(17)10-5-6-11(15)9(3)7-10/h5-8,12H,15H2,1-4H3,(H,16,17)/t12-/m0/s1. The second-order valence-electron chi connectivity index (χ2n) is 4.79. The highest BCUT2D eigenvalue weighted by atomic mass is 16.5. The summed E-state index contributed by atoms with van der Waals surface area (Å²) in [7, 11) is 1.30. The van der Waals surface area contributed by atoms with E-state index in [1.54, 1.807) is 18.2 Å². The summed E-state index contributed by atoms with van der Waals surface area (Å²) in [6.45, 7) is 5.51. The Morgan fingerprint density at radius 3 is 2.42 bits per heavy atom. The highest BCUT2D eigenvalue weighted by Gasteiger charge is 2.25. The first-order valence-corrected chi connectivity index (χ1v) is 6.11. The number of nitrogens with one attached hydrogen (secondary N) is 1. The highest BCUT2D eigenvalue weighted by molar-refractivity contribution is 5.97. The fourth-order valence-electron chi connectivity index (χ4n) is 1.67. The lowest BCUT2D eigenvalue weighted by molar-refractivity contribution is -0.144. The van der Waals surface area contributed by atoms with Crippen molar-refractivity contribution in [2.45, 2.75) is 26.8 Å². The lowest BCUT2D eigenvalue weighted by Gasteiger charge is -2.20. The first-order valence-electron chi connectivity index (χ1n) is 6.11. The number of amides is 1. The number of benzene rings is 1. The van der Waals surface area contributed by atoms with Crippen LogP contribution >= 0.6 is 0 Å². The zero-order valence-corrected chi connectivity index (χ0v) is 11.7. The summed E-state index contributed by atoms with van der Waals surface area (Å²) in [4.78, 5) is 23.7. The molecule has 104 valence electrons. The van der Waals surface area contributed by atoms with E-state index in [1.165, 1.54) is 7.11 Å². The van der Waals surface area contributed by atoms with Crippen LogP contribution in [0.2, 0.25) is 0 Å². The van der Waals surface area contributed by atoms with E-state index in [4.69, 9.17) is 5.73 Å². The van der Waals surface area contributed by atoms with Gasteiger partial charge in [-0.25, -0.2) is 4.79 Å². The third kappa shape index (κ3) is 3.71. The van der Waals surface area contributed by atoms with Gasteiger partial charge in [0, 0.05) is 11.3 Å². The van der Waals surface area contributed by atoms with Gasteiger partial charge in [0.05, 0.1) is 7.11 Å². The Balaban J connectivity index is 2.87. The molecule has 0 radical (unpaired) electrons. The van der Waals surface area contributed by atoms with E-state index in [2.05, 4.69) is 10.1 Å². The van der Waals surface area contributed by atoms with Crippen molar-refractivity contribution in [3.05, 3.63) is 29.3 Å². The van der Waals surface area contributed by atoms with Crippen LogP contribution in [0.15, 0.2) is 18.2 Å². The minimum absolute atomic E-state index is 0.0497. The van der Waals surface area contributed by atoms with Crippen LogP contribution in [0.3, 0.4) is 0 Å². The number of esters is 1. The van der Waals surface area contributed by atoms with E-state index in [1.807, 2.05) is 20.8 Å². The number of carbonyl (C=O) groups excluding carboxylic acids is 2. The van der Waals surface area contributed by atoms with Gasteiger partial charge < -0.3 is 15.8 Å². The smallest absolute Gasteiger partial charge is 0.328 e. The SMILES string of the molecule is COC(=O)[C@@H](NC(=O)c1ccc(N)c(C)c1)C(C)C. The number of nitrogens with two attached hydrogens (primary N) is 1. The molecular weight excluding hydrogens is 244 g/mol. The van der Waals surface area contributed by atoms with Gasteiger partial charge in [0.1, 0.15) is 6.04 Å². The molecule has 0 saturated heterocycles. The topological polar surface area (TPSA) is 81.4 Å². The van der Waals surface area contributed by atoms with Gasteiger partial charge in [-0.15, -0.1) is 0 Å². The third-order valence-electron chi connectivity index (χ3n) is 2.94. The monoisotopic (exact) mass is 264 g/mol. The van der Waals surface area contributed by atoms with E-state index in [9.17, 15) is 9.59 Å². The molecule has 0 unspecified atom stereocenters. The van der Waals surface area contributed by atoms with Gasteiger partial charge in [0.15, 0.2) is 0 Å². The van der Waals surface area contributed by atoms with Gasteiger partial charge in [-0.1, -0.05) is 13.8 Å². The Morgan fingerprint density at radius 2 is 1.95 bits per heavy atom. The fraction of sp³-hybridized carbons (Fsp3) is 0.429. The molecule has 0 aliphatic heterocycles. The Hall–Kier alpha value is -2.04. The number of aryl methyl sites for hydroxylation is 1. The molecule has 0 saturated carbocycles. The molecule has 0 spiro atoms. The number of hydrogen-bond acceptors (Lipinski definition) is 4. The number of ether oxygens (including phenoxy) is 1. The molecule has 0 bridgehead atoms. The molecule has 5 nitrogen and oxygen atoms in total. The van der Waals surface area contributed by atoms with Crippen molar-refractivity contribution >= 4 is 17.6 Å². The number of anilines is 1. The molecule has 1 aromatic rings. The molecule has 0 aliphatic rings. The van der Waals surface area contributed by atoms with Gasteiger partial charge >= 0.3 is 5.97 Å². The largest absolute Gasteiger partial charge is 0.467 e. The van der Waals surface area contributed by atoms with Crippen molar-refractivity contribution in [3.63, 3.8) is 0 Å². The predicted molar refractivity (Wildman–Crippen MR) is 73.7 cm³/mol. The molecule has 1 amide bonds. The fourth-order valence-corrected chi connectivity index (χ4v) is 1.67. The van der Waals surface area contributed by atoms with Crippen molar-refractivity contribution < 1.29 is 14.3 Å². The molecule has 0 aromatic heterocycles. The zero-order valence-electron chi connectivity index (χ0n) is 11.7. The van der Waals surface area contributed by atoms with Crippen LogP contribution in [-0.4, -0.2) is 25.0 Å². The second-order valence-corrected chi connectivity index (χ2v) is 4.79. The third-order valence-corrected chi connectivity index (χ3v) is 2.94. The van der Waals surface area contributed by atoms with Crippen LogP contribution in [0.25, 0.3) is 0 Å². The van der Waals surface area contributed by atoms with Crippen molar-refractivity contribution in [3.8, 4) is 0 Å². The summed E-state index contributed by atoms with van der Waals surface area (Å²) < 4.78 is 4.68. The second kappa shape index (κ2) is 6.22. The molecule has 0 aliphatic carbocycles. The minimum atomic E-state index is -0.657. The summed E-state index contributed by atoms with van der Waals surface area (Å²) >= 11 is 0. The maximum atomic E-state index is 12.1. The minimum Gasteiger partial charge on any atom is -0.467 e. The van der Waals surface area contributed by atoms with Crippen molar-refractivity contribution in [1.82, 2.24) is 5.32 Å². The summed E-state index contributed by atoms with van der Waals surface area (Å²) in [6.07, 6.45) is 0. The summed E-state index contributed by atoms with van der Waals surface area (Å²) in [5, 5.41) is 2.68. The maximum absolute atomic E-state index is 12.1. The highest BCUT2D eigenvalue weighted by Crippen LogP contribution is 2.13. The van der Waals surface area contributed by atoms with Crippen molar-refractivity contribution in [1.29, 1.82) is 0 Å². The molecule has 1 aromatic carbocycles. The van der Waals surface area contributed by atoms with Crippen LogP contribution in [0.5, 0.6) is 0 Å². The molecule has 1 atom stereocenters.